The average molecular weight is 269 g/mol. The number of nitrogens with zero attached hydrogens (tertiary/aromatic N) is 1. The van der Waals surface area contributed by atoms with E-state index in [1.807, 2.05) is 43.9 Å². The summed E-state index contributed by atoms with van der Waals surface area (Å²) in [6.45, 7) is 8.28. The number of aryl methyl sites for hydroxylation is 1. The van der Waals surface area contributed by atoms with E-state index in [1.54, 1.807) is 0 Å². The van der Waals surface area contributed by atoms with Gasteiger partial charge in [0.05, 0.1) is 0 Å². The van der Waals surface area contributed by atoms with Gasteiger partial charge in [0.2, 0.25) is 5.91 Å². The van der Waals surface area contributed by atoms with Gasteiger partial charge in [0.15, 0.2) is 0 Å². The molecule has 0 radical (unpaired) electrons. The first-order valence-electron chi connectivity index (χ1n) is 6.46. The minimum absolute atomic E-state index is 0.173. The lowest BCUT2D eigenvalue weighted by atomic mass is 10.2. The average Bonchev–Trinajstić information content (AvgIpc) is 2.60. The predicted octanol–water partition coefficient (Wildman–Crippen LogP) is 3.00. The van der Waals surface area contributed by atoms with Crippen LogP contribution < -0.4 is 10.2 Å². The fraction of sp³-hybridized carbons (Fsp3) is 0.500. The van der Waals surface area contributed by atoms with Crippen LogP contribution in [0.3, 0.4) is 0 Å². The Labute approximate surface area is 114 Å². The molecule has 1 aliphatic heterocycles. The van der Waals surface area contributed by atoms with E-state index < -0.39 is 0 Å². The zero-order valence-electron chi connectivity index (χ0n) is 11.3. The molecule has 1 saturated heterocycles. The van der Waals surface area contributed by atoms with Crippen LogP contribution >= 0.6 is 11.6 Å². The molecular formula is C14H21ClN2O. The predicted molar refractivity (Wildman–Crippen MR) is 77.4 cm³/mol. The van der Waals surface area contributed by atoms with Gasteiger partial charge in [0.25, 0.3) is 0 Å². The summed E-state index contributed by atoms with van der Waals surface area (Å²) in [5.41, 5.74) is 1.94. The molecule has 0 aliphatic carbocycles. The summed E-state index contributed by atoms with van der Waals surface area (Å²) in [7, 11) is 0. The van der Waals surface area contributed by atoms with E-state index in [0.717, 1.165) is 35.9 Å². The number of hydrogen-bond acceptors (Lipinski definition) is 2. The van der Waals surface area contributed by atoms with Crippen LogP contribution in [-0.2, 0) is 4.79 Å². The molecule has 1 heterocycles. The first-order valence-corrected chi connectivity index (χ1v) is 6.83. The van der Waals surface area contributed by atoms with Crippen LogP contribution in [0.15, 0.2) is 18.2 Å². The molecule has 1 N–H and O–H groups in total. The lowest BCUT2D eigenvalue weighted by molar-refractivity contribution is -0.118. The minimum Gasteiger partial charge on any atom is -0.314 e. The number of carbonyl (C=O) groups excluding carboxylic acids is 1. The van der Waals surface area contributed by atoms with Crippen LogP contribution in [0.25, 0.3) is 0 Å². The quantitative estimate of drug-likeness (QED) is 0.849. The molecule has 0 spiro atoms. The van der Waals surface area contributed by atoms with Crippen LogP contribution in [0.4, 0.5) is 5.69 Å². The highest BCUT2D eigenvalue weighted by atomic mass is 35.5. The lowest BCUT2D eigenvalue weighted by Crippen LogP contribution is -2.32. The van der Waals surface area contributed by atoms with Crippen LogP contribution in [0.2, 0.25) is 5.02 Å². The number of hydrogen-bond donors (Lipinski definition) is 1. The summed E-state index contributed by atoms with van der Waals surface area (Å²) in [6.07, 6.45) is 0.557. The molecule has 0 aromatic heterocycles. The van der Waals surface area contributed by atoms with Gasteiger partial charge in [-0.3, -0.25) is 4.79 Å². The van der Waals surface area contributed by atoms with E-state index in [0.29, 0.717) is 6.42 Å². The van der Waals surface area contributed by atoms with Crippen molar-refractivity contribution >= 4 is 23.2 Å². The van der Waals surface area contributed by atoms with Crippen molar-refractivity contribution in [3.05, 3.63) is 28.8 Å². The third-order valence-corrected chi connectivity index (χ3v) is 3.21. The Bertz CT molecular complexity index is 407. The lowest BCUT2D eigenvalue weighted by Gasteiger charge is -2.20. The van der Waals surface area contributed by atoms with Crippen molar-refractivity contribution in [2.75, 3.05) is 24.5 Å². The maximum atomic E-state index is 11.9. The van der Waals surface area contributed by atoms with Crippen molar-refractivity contribution in [3.8, 4) is 0 Å². The summed E-state index contributed by atoms with van der Waals surface area (Å²) in [6, 6.07) is 5.71. The zero-order valence-corrected chi connectivity index (χ0v) is 12.0. The van der Waals surface area contributed by atoms with Gasteiger partial charge in [0, 0.05) is 36.8 Å². The first-order chi connectivity index (χ1) is 8.68. The number of halogens is 1. The number of nitrogens with one attached hydrogen (secondary N) is 1. The van der Waals surface area contributed by atoms with Gasteiger partial charge in [-0.25, -0.2) is 0 Å². The monoisotopic (exact) mass is 268 g/mol. The van der Waals surface area contributed by atoms with Gasteiger partial charge >= 0.3 is 0 Å². The van der Waals surface area contributed by atoms with Crippen molar-refractivity contribution < 1.29 is 4.79 Å². The van der Waals surface area contributed by atoms with Gasteiger partial charge in [-0.1, -0.05) is 25.4 Å². The molecule has 3 nitrogen and oxygen atoms in total. The van der Waals surface area contributed by atoms with Crippen molar-refractivity contribution in [2.45, 2.75) is 27.2 Å². The second kappa shape index (κ2) is 7.39. The summed E-state index contributed by atoms with van der Waals surface area (Å²) >= 11 is 5.97. The van der Waals surface area contributed by atoms with Crippen LogP contribution in [0, 0.1) is 6.92 Å². The SMILES string of the molecule is CC.Cc1cc(N2CCNCCC2=O)ccc1Cl. The Morgan fingerprint density at radius 3 is 2.67 bits per heavy atom. The molecule has 18 heavy (non-hydrogen) atoms. The molecule has 4 heteroatoms. The molecule has 2 rings (SSSR count). The summed E-state index contributed by atoms with van der Waals surface area (Å²) in [5.74, 6) is 0.173. The third-order valence-electron chi connectivity index (χ3n) is 2.78. The van der Waals surface area contributed by atoms with Crippen molar-refractivity contribution in [3.63, 3.8) is 0 Å². The van der Waals surface area contributed by atoms with Crippen LogP contribution in [0.1, 0.15) is 25.8 Å². The summed E-state index contributed by atoms with van der Waals surface area (Å²) < 4.78 is 0. The molecule has 0 bridgehead atoms. The second-order valence-electron chi connectivity index (χ2n) is 3.98. The van der Waals surface area contributed by atoms with Crippen LogP contribution in [0.5, 0.6) is 0 Å². The maximum Gasteiger partial charge on any atom is 0.228 e. The molecule has 1 aromatic carbocycles. The van der Waals surface area contributed by atoms with E-state index >= 15 is 0 Å². The second-order valence-corrected chi connectivity index (χ2v) is 4.39. The van der Waals surface area contributed by atoms with Gasteiger partial charge in [-0.2, -0.15) is 0 Å². The maximum absolute atomic E-state index is 11.9. The van der Waals surface area contributed by atoms with E-state index in [9.17, 15) is 4.79 Å². The standard InChI is InChI=1S/C12H15ClN2O.C2H6/c1-9-8-10(2-3-11(9)13)15-7-6-14-5-4-12(15)16;1-2/h2-3,8,14H,4-7H2,1H3;1-2H3. The Morgan fingerprint density at radius 1 is 1.28 bits per heavy atom. The Balaban J connectivity index is 0.000000771. The normalized spacial score (nSPS) is 15.8. The summed E-state index contributed by atoms with van der Waals surface area (Å²) in [4.78, 5) is 13.7. The Hall–Kier alpha value is -1.06. The van der Waals surface area contributed by atoms with Gasteiger partial charge in [-0.05, 0) is 30.7 Å². The first kappa shape index (κ1) is 15.0. The largest absolute Gasteiger partial charge is 0.314 e. The van der Waals surface area contributed by atoms with E-state index in [1.165, 1.54) is 0 Å². The molecule has 100 valence electrons. The highest BCUT2D eigenvalue weighted by Gasteiger charge is 2.18. The van der Waals surface area contributed by atoms with E-state index in [2.05, 4.69) is 5.32 Å². The number of anilines is 1. The Morgan fingerprint density at radius 2 is 2.00 bits per heavy atom. The number of carbonyl (C=O) groups is 1. The molecule has 1 aromatic rings. The number of rotatable bonds is 1. The topological polar surface area (TPSA) is 32.3 Å². The molecule has 1 aliphatic rings. The highest BCUT2D eigenvalue weighted by molar-refractivity contribution is 6.31. The van der Waals surface area contributed by atoms with Crippen molar-refractivity contribution in [1.29, 1.82) is 0 Å². The van der Waals surface area contributed by atoms with Crippen molar-refractivity contribution in [1.82, 2.24) is 5.32 Å². The minimum atomic E-state index is 0.173. The van der Waals surface area contributed by atoms with Crippen LogP contribution in [-0.4, -0.2) is 25.5 Å². The number of benzene rings is 1. The smallest absolute Gasteiger partial charge is 0.228 e. The van der Waals surface area contributed by atoms with Gasteiger partial charge < -0.3 is 10.2 Å². The molecule has 0 unspecified atom stereocenters. The van der Waals surface area contributed by atoms with Gasteiger partial charge in [0.1, 0.15) is 0 Å². The number of amides is 1. The molecule has 0 atom stereocenters. The molecule has 1 amide bonds. The van der Waals surface area contributed by atoms with E-state index in [-0.39, 0.29) is 5.91 Å². The molecule has 0 saturated carbocycles. The Kier molecular flexibility index (Phi) is 6.16. The molecular weight excluding hydrogens is 248 g/mol. The fourth-order valence-corrected chi connectivity index (χ4v) is 1.96. The summed E-state index contributed by atoms with van der Waals surface area (Å²) in [5, 5.41) is 3.95. The highest BCUT2D eigenvalue weighted by Crippen LogP contribution is 2.23. The molecule has 1 fully saturated rings. The zero-order chi connectivity index (χ0) is 13.5. The van der Waals surface area contributed by atoms with E-state index in [4.69, 9.17) is 11.6 Å². The van der Waals surface area contributed by atoms with Gasteiger partial charge in [-0.15, -0.1) is 0 Å². The third kappa shape index (κ3) is 3.72. The van der Waals surface area contributed by atoms with Crippen molar-refractivity contribution in [2.24, 2.45) is 0 Å². The fourth-order valence-electron chi connectivity index (χ4n) is 1.84.